The van der Waals surface area contributed by atoms with Crippen LogP contribution in [0.4, 0.5) is 5.69 Å². The van der Waals surface area contributed by atoms with Gasteiger partial charge in [0.1, 0.15) is 0 Å². The van der Waals surface area contributed by atoms with Gasteiger partial charge in [-0.3, -0.25) is 9.79 Å². The molecule has 2 aliphatic heterocycles. The minimum atomic E-state index is -2.96. The summed E-state index contributed by atoms with van der Waals surface area (Å²) in [5.74, 6) is 0.156. The van der Waals surface area contributed by atoms with Crippen LogP contribution >= 0.6 is 11.8 Å². The quantitative estimate of drug-likeness (QED) is 0.821. The van der Waals surface area contributed by atoms with Crippen LogP contribution in [0, 0.1) is 0 Å². The molecule has 1 amide bonds. The lowest BCUT2D eigenvalue weighted by Crippen LogP contribution is -2.22. The van der Waals surface area contributed by atoms with Crippen molar-refractivity contribution in [2.45, 2.75) is 17.8 Å². The Morgan fingerprint density at radius 2 is 1.93 bits per heavy atom. The van der Waals surface area contributed by atoms with Crippen LogP contribution < -0.4 is 10.6 Å². The number of nitrogens with zero attached hydrogens (tertiary/aromatic N) is 1. The molecule has 0 saturated carbocycles. The highest BCUT2D eigenvalue weighted by atomic mass is 32.2. The number of amides is 1. The van der Waals surface area contributed by atoms with E-state index >= 15 is 0 Å². The highest BCUT2D eigenvalue weighted by Gasteiger charge is 2.42. The second-order valence-electron chi connectivity index (χ2n) is 6.61. The van der Waals surface area contributed by atoms with E-state index in [2.05, 4.69) is 15.6 Å². The van der Waals surface area contributed by atoms with Crippen LogP contribution in [0.25, 0.3) is 0 Å². The number of carbonyl (C=O) groups is 1. The predicted octanol–water partition coefficient (Wildman–Crippen LogP) is 2.30. The average Bonchev–Trinajstić information content (AvgIpc) is 3.13. The molecule has 6 nitrogen and oxygen atoms in total. The Labute approximate surface area is 162 Å². The summed E-state index contributed by atoms with van der Waals surface area (Å²) in [7, 11) is -2.96. The molecule has 4 rings (SSSR count). The molecule has 2 N–H and O–H groups in total. The number of nitrogens with one attached hydrogen (secondary N) is 2. The first kappa shape index (κ1) is 18.1. The number of amidine groups is 1. The van der Waals surface area contributed by atoms with E-state index in [0.717, 1.165) is 11.3 Å². The molecule has 0 spiro atoms. The minimum Gasteiger partial charge on any atom is -0.348 e. The molecule has 2 aliphatic rings. The molecule has 2 heterocycles. The average molecular weight is 402 g/mol. The first-order valence-electron chi connectivity index (χ1n) is 8.63. The molecule has 2 atom stereocenters. The van der Waals surface area contributed by atoms with Crippen molar-refractivity contribution < 1.29 is 13.2 Å². The van der Waals surface area contributed by atoms with Gasteiger partial charge in [-0.2, -0.15) is 0 Å². The summed E-state index contributed by atoms with van der Waals surface area (Å²) in [6.45, 7) is 0.470. The van der Waals surface area contributed by atoms with E-state index in [1.165, 1.54) is 11.8 Å². The lowest BCUT2D eigenvalue weighted by atomic mass is 10.1. The third kappa shape index (κ3) is 4.33. The smallest absolute Gasteiger partial charge is 0.251 e. The van der Waals surface area contributed by atoms with Crippen molar-refractivity contribution in [2.24, 2.45) is 4.99 Å². The van der Waals surface area contributed by atoms with Gasteiger partial charge in [0.25, 0.3) is 5.91 Å². The van der Waals surface area contributed by atoms with Crippen LogP contribution in [0.15, 0.2) is 59.6 Å². The van der Waals surface area contributed by atoms with Gasteiger partial charge in [0, 0.05) is 23.0 Å². The fourth-order valence-corrected chi connectivity index (χ4v) is 6.83. The van der Waals surface area contributed by atoms with Gasteiger partial charge >= 0.3 is 0 Å². The molecule has 0 aliphatic carbocycles. The van der Waals surface area contributed by atoms with E-state index in [9.17, 15) is 13.2 Å². The van der Waals surface area contributed by atoms with Crippen molar-refractivity contribution in [3.05, 3.63) is 65.7 Å². The normalized spacial score (nSPS) is 22.7. The maximum atomic E-state index is 12.4. The molecule has 1 saturated heterocycles. The Bertz CT molecular complexity index is 990. The number of fused-ring (bicyclic) bond motifs is 1. The van der Waals surface area contributed by atoms with Gasteiger partial charge in [-0.25, -0.2) is 8.42 Å². The van der Waals surface area contributed by atoms with Crippen molar-refractivity contribution in [1.29, 1.82) is 0 Å². The molecule has 1 fully saturated rings. The van der Waals surface area contributed by atoms with E-state index in [1.54, 1.807) is 12.1 Å². The Kier molecular flexibility index (Phi) is 4.92. The monoisotopic (exact) mass is 401 g/mol. The van der Waals surface area contributed by atoms with E-state index < -0.39 is 9.84 Å². The number of anilines is 1. The van der Waals surface area contributed by atoms with E-state index in [-0.39, 0.29) is 28.7 Å². The number of thioether (sulfide) groups is 1. The summed E-state index contributed by atoms with van der Waals surface area (Å²) < 4.78 is 23.3. The molecule has 8 heteroatoms. The second-order valence-corrected chi connectivity index (χ2v) is 9.99. The third-order valence-corrected chi connectivity index (χ3v) is 7.63. The Balaban J connectivity index is 1.39. The van der Waals surface area contributed by atoms with Crippen LogP contribution in [0.5, 0.6) is 0 Å². The van der Waals surface area contributed by atoms with E-state index in [1.807, 2.05) is 42.5 Å². The molecule has 2 aromatic carbocycles. The van der Waals surface area contributed by atoms with Crippen molar-refractivity contribution in [2.75, 3.05) is 16.8 Å². The standard InChI is InChI=1S/C19H19N3O3S2/c23-18(20-10-13-5-2-1-3-6-13)14-7-4-8-15(9-14)21-19-22-16-11-27(24,25)12-17(16)26-19/h1-9,16-17H,10-12H2,(H,20,23)(H,21,22)/t16-,17+/m0/s1. The van der Waals surface area contributed by atoms with Gasteiger partial charge in [0.2, 0.25) is 0 Å². The molecule has 0 unspecified atom stereocenters. The highest BCUT2D eigenvalue weighted by molar-refractivity contribution is 8.15. The molecule has 27 heavy (non-hydrogen) atoms. The summed E-state index contributed by atoms with van der Waals surface area (Å²) in [4.78, 5) is 16.9. The van der Waals surface area contributed by atoms with Crippen LogP contribution in [0.2, 0.25) is 0 Å². The number of aliphatic imine (C=N–C) groups is 1. The van der Waals surface area contributed by atoms with Crippen molar-refractivity contribution in [3.8, 4) is 0 Å². The zero-order valence-electron chi connectivity index (χ0n) is 14.5. The molecular formula is C19H19N3O3S2. The summed E-state index contributed by atoms with van der Waals surface area (Å²) in [5.41, 5.74) is 2.36. The van der Waals surface area contributed by atoms with Gasteiger partial charge in [-0.15, -0.1) is 0 Å². The van der Waals surface area contributed by atoms with Crippen LogP contribution in [-0.4, -0.2) is 42.3 Å². The zero-order valence-corrected chi connectivity index (χ0v) is 16.1. The first-order chi connectivity index (χ1) is 13.0. The number of benzene rings is 2. The fourth-order valence-electron chi connectivity index (χ4n) is 3.16. The van der Waals surface area contributed by atoms with Crippen molar-refractivity contribution in [1.82, 2.24) is 5.32 Å². The Morgan fingerprint density at radius 3 is 2.70 bits per heavy atom. The topological polar surface area (TPSA) is 87.6 Å². The van der Waals surface area contributed by atoms with Crippen molar-refractivity contribution in [3.63, 3.8) is 0 Å². The van der Waals surface area contributed by atoms with Gasteiger partial charge < -0.3 is 10.6 Å². The maximum Gasteiger partial charge on any atom is 0.251 e. The molecule has 2 aromatic rings. The second kappa shape index (κ2) is 7.36. The number of sulfone groups is 1. The van der Waals surface area contributed by atoms with E-state index in [0.29, 0.717) is 17.3 Å². The van der Waals surface area contributed by atoms with Gasteiger partial charge in [0.15, 0.2) is 15.0 Å². The highest BCUT2D eigenvalue weighted by Crippen LogP contribution is 2.34. The third-order valence-electron chi connectivity index (χ3n) is 4.49. The van der Waals surface area contributed by atoms with Crippen LogP contribution in [0.3, 0.4) is 0 Å². The fraction of sp³-hybridized carbons (Fsp3) is 0.263. The summed E-state index contributed by atoms with van der Waals surface area (Å²) >= 11 is 1.46. The van der Waals surface area contributed by atoms with Crippen molar-refractivity contribution >= 4 is 38.4 Å². The largest absolute Gasteiger partial charge is 0.348 e. The van der Waals surface area contributed by atoms with Gasteiger partial charge in [-0.05, 0) is 23.8 Å². The number of hydrogen-bond donors (Lipinski definition) is 2. The Morgan fingerprint density at radius 1 is 1.11 bits per heavy atom. The lowest BCUT2D eigenvalue weighted by molar-refractivity contribution is 0.0951. The van der Waals surface area contributed by atoms with Gasteiger partial charge in [0.05, 0.1) is 17.5 Å². The van der Waals surface area contributed by atoms with E-state index in [4.69, 9.17) is 0 Å². The minimum absolute atomic E-state index is 0.00477. The van der Waals surface area contributed by atoms with Crippen LogP contribution in [0.1, 0.15) is 15.9 Å². The predicted molar refractivity (Wildman–Crippen MR) is 109 cm³/mol. The molecule has 140 valence electrons. The number of hydrogen-bond acceptors (Lipinski definition) is 6. The summed E-state index contributed by atoms with van der Waals surface area (Å²) in [6.07, 6.45) is 0. The number of carbonyl (C=O) groups excluding carboxylic acids is 1. The lowest BCUT2D eigenvalue weighted by Gasteiger charge is -2.09. The summed E-state index contributed by atoms with van der Waals surface area (Å²) in [6, 6.07) is 16.8. The molecule has 0 aromatic heterocycles. The number of rotatable bonds is 4. The van der Waals surface area contributed by atoms with Crippen LogP contribution in [-0.2, 0) is 16.4 Å². The summed E-state index contributed by atoms with van der Waals surface area (Å²) in [5, 5.41) is 6.82. The Hall–Kier alpha value is -2.32. The molecular weight excluding hydrogens is 382 g/mol. The molecule has 0 radical (unpaired) electrons. The maximum absolute atomic E-state index is 12.4. The SMILES string of the molecule is O=C(NCc1ccccc1)c1cccc(NC2=N[C@H]3CS(=O)(=O)C[C@H]3S2)c1. The zero-order chi connectivity index (χ0) is 18.9. The van der Waals surface area contributed by atoms with Gasteiger partial charge in [-0.1, -0.05) is 48.2 Å². The first-order valence-corrected chi connectivity index (χ1v) is 11.3. The molecule has 0 bridgehead atoms.